The Labute approximate surface area is 152 Å². The van der Waals surface area contributed by atoms with Gasteiger partial charge in [-0.1, -0.05) is 18.2 Å². The summed E-state index contributed by atoms with van der Waals surface area (Å²) in [5.74, 6) is -0.737. The molecule has 3 aromatic rings. The summed E-state index contributed by atoms with van der Waals surface area (Å²) in [5, 5.41) is 11.9. The molecule has 2 unspecified atom stereocenters. The van der Waals surface area contributed by atoms with Gasteiger partial charge in [0.2, 0.25) is 0 Å². The van der Waals surface area contributed by atoms with Crippen LogP contribution in [0.25, 0.3) is 10.8 Å². The maximum Gasteiger partial charge on any atom is 0.320 e. The van der Waals surface area contributed by atoms with Gasteiger partial charge in [0.1, 0.15) is 6.04 Å². The Morgan fingerprint density at radius 1 is 1.19 bits per heavy atom. The van der Waals surface area contributed by atoms with Crippen molar-refractivity contribution < 1.29 is 9.90 Å². The van der Waals surface area contributed by atoms with Crippen LogP contribution in [0.4, 0.5) is 0 Å². The first-order valence-corrected chi connectivity index (χ1v) is 8.94. The van der Waals surface area contributed by atoms with Crippen LogP contribution in [0, 0.1) is 0 Å². The molecule has 1 saturated heterocycles. The molecule has 1 fully saturated rings. The quantitative estimate of drug-likeness (QED) is 0.765. The van der Waals surface area contributed by atoms with E-state index in [0.717, 1.165) is 35.0 Å². The van der Waals surface area contributed by atoms with Crippen LogP contribution in [0.2, 0.25) is 0 Å². The highest BCUT2D eigenvalue weighted by Gasteiger charge is 2.36. The van der Waals surface area contributed by atoms with Crippen LogP contribution >= 0.6 is 0 Å². The molecule has 2 aromatic heterocycles. The minimum absolute atomic E-state index is 0.00827. The van der Waals surface area contributed by atoms with E-state index in [4.69, 9.17) is 0 Å². The van der Waals surface area contributed by atoms with Crippen LogP contribution in [0.3, 0.4) is 0 Å². The third-order valence-electron chi connectivity index (χ3n) is 5.16. The van der Waals surface area contributed by atoms with Crippen molar-refractivity contribution in [3.63, 3.8) is 0 Å². The Hall–Kier alpha value is -2.79. The van der Waals surface area contributed by atoms with Crippen molar-refractivity contribution in [3.8, 4) is 0 Å². The van der Waals surface area contributed by atoms with Gasteiger partial charge in [-0.25, -0.2) is 0 Å². The van der Waals surface area contributed by atoms with Crippen LogP contribution in [-0.4, -0.2) is 38.5 Å². The zero-order valence-electron chi connectivity index (χ0n) is 14.5. The van der Waals surface area contributed by atoms with Crippen LogP contribution in [0.15, 0.2) is 61.1 Å². The normalized spacial score (nSPS) is 18.8. The average molecular weight is 347 g/mol. The zero-order chi connectivity index (χ0) is 17.9. The summed E-state index contributed by atoms with van der Waals surface area (Å²) in [6.45, 7) is 0.794. The molecule has 2 atom stereocenters. The highest BCUT2D eigenvalue weighted by molar-refractivity contribution is 5.82. The zero-order valence-corrected chi connectivity index (χ0v) is 14.5. The molecular formula is C21H21N3O2. The fourth-order valence-corrected chi connectivity index (χ4v) is 3.88. The first-order chi connectivity index (χ1) is 12.7. The minimum Gasteiger partial charge on any atom is -0.480 e. The number of carbonyl (C=O) groups is 1. The SMILES string of the molecule is O=C(O)C1CCCN1C(Cc1ccccn1)c1ccc2cnccc2c1. The first kappa shape index (κ1) is 16.7. The minimum atomic E-state index is -0.737. The Balaban J connectivity index is 1.74. The third kappa shape index (κ3) is 3.30. The molecular weight excluding hydrogens is 326 g/mol. The molecule has 5 nitrogen and oxygen atoms in total. The number of likely N-dealkylation sites (tertiary alicyclic amines) is 1. The molecule has 1 N–H and O–H groups in total. The van der Waals surface area contributed by atoms with Crippen molar-refractivity contribution in [3.05, 3.63) is 72.3 Å². The second kappa shape index (κ2) is 7.22. The van der Waals surface area contributed by atoms with Crippen molar-refractivity contribution in [1.29, 1.82) is 0 Å². The lowest BCUT2D eigenvalue weighted by atomic mass is 9.97. The monoisotopic (exact) mass is 347 g/mol. The number of fused-ring (bicyclic) bond motifs is 1. The van der Waals surface area contributed by atoms with E-state index in [1.807, 2.05) is 30.5 Å². The molecule has 3 heterocycles. The highest BCUT2D eigenvalue weighted by Crippen LogP contribution is 2.33. The van der Waals surface area contributed by atoms with Crippen molar-refractivity contribution in [2.24, 2.45) is 0 Å². The summed E-state index contributed by atoms with van der Waals surface area (Å²) in [6, 6.07) is 13.7. The molecule has 26 heavy (non-hydrogen) atoms. The van der Waals surface area contributed by atoms with Crippen molar-refractivity contribution in [1.82, 2.24) is 14.9 Å². The molecule has 1 aromatic carbocycles. The molecule has 4 rings (SSSR count). The molecule has 0 radical (unpaired) electrons. The maximum atomic E-state index is 11.7. The lowest BCUT2D eigenvalue weighted by molar-refractivity contribution is -0.143. The van der Waals surface area contributed by atoms with Crippen molar-refractivity contribution >= 4 is 16.7 Å². The van der Waals surface area contributed by atoms with Gasteiger partial charge in [-0.15, -0.1) is 0 Å². The molecule has 132 valence electrons. The van der Waals surface area contributed by atoms with Crippen LogP contribution in [-0.2, 0) is 11.2 Å². The van der Waals surface area contributed by atoms with Gasteiger partial charge in [0.15, 0.2) is 0 Å². The first-order valence-electron chi connectivity index (χ1n) is 8.94. The van der Waals surface area contributed by atoms with Gasteiger partial charge >= 0.3 is 5.97 Å². The fraction of sp³-hybridized carbons (Fsp3) is 0.286. The summed E-state index contributed by atoms with van der Waals surface area (Å²) < 4.78 is 0. The molecule has 5 heteroatoms. The Morgan fingerprint density at radius 2 is 2.12 bits per heavy atom. The van der Waals surface area contributed by atoms with Crippen LogP contribution < -0.4 is 0 Å². The third-order valence-corrected chi connectivity index (χ3v) is 5.16. The van der Waals surface area contributed by atoms with Gasteiger partial charge < -0.3 is 5.11 Å². The number of aliphatic carboxylic acids is 1. The lowest BCUT2D eigenvalue weighted by Crippen LogP contribution is -2.39. The smallest absolute Gasteiger partial charge is 0.320 e. The number of hydrogen-bond acceptors (Lipinski definition) is 4. The summed E-state index contributed by atoms with van der Waals surface area (Å²) >= 11 is 0. The van der Waals surface area contributed by atoms with E-state index in [9.17, 15) is 9.90 Å². The second-order valence-corrected chi connectivity index (χ2v) is 6.76. The molecule has 1 aliphatic rings. The average Bonchev–Trinajstić information content (AvgIpc) is 3.16. The number of pyridine rings is 2. The topological polar surface area (TPSA) is 66.3 Å². The number of benzene rings is 1. The number of nitrogens with zero attached hydrogens (tertiary/aromatic N) is 3. The van der Waals surface area contributed by atoms with Crippen molar-refractivity contribution in [2.75, 3.05) is 6.54 Å². The van der Waals surface area contributed by atoms with E-state index < -0.39 is 12.0 Å². The van der Waals surface area contributed by atoms with Gasteiger partial charge in [0.25, 0.3) is 0 Å². The summed E-state index contributed by atoms with van der Waals surface area (Å²) in [5.41, 5.74) is 2.10. The van der Waals surface area contributed by atoms with Gasteiger partial charge in [0, 0.05) is 42.1 Å². The van der Waals surface area contributed by atoms with E-state index in [1.165, 1.54) is 0 Å². The fourth-order valence-electron chi connectivity index (χ4n) is 3.88. The predicted octanol–water partition coefficient (Wildman–Crippen LogP) is 3.46. The number of carboxylic acid groups (broad SMARTS) is 1. The number of rotatable bonds is 5. The Morgan fingerprint density at radius 3 is 2.92 bits per heavy atom. The predicted molar refractivity (Wildman–Crippen MR) is 99.8 cm³/mol. The van der Waals surface area contributed by atoms with E-state index in [0.29, 0.717) is 12.8 Å². The summed E-state index contributed by atoms with van der Waals surface area (Å²) in [7, 11) is 0. The maximum absolute atomic E-state index is 11.7. The van der Waals surface area contributed by atoms with Gasteiger partial charge in [-0.2, -0.15) is 0 Å². The van der Waals surface area contributed by atoms with E-state index in [1.54, 1.807) is 12.4 Å². The number of carboxylic acids is 1. The van der Waals surface area contributed by atoms with E-state index in [2.05, 4.69) is 33.1 Å². The molecule has 0 aliphatic carbocycles. The molecule has 0 amide bonds. The van der Waals surface area contributed by atoms with E-state index >= 15 is 0 Å². The number of aromatic nitrogens is 2. The largest absolute Gasteiger partial charge is 0.480 e. The number of hydrogen-bond donors (Lipinski definition) is 1. The molecule has 0 bridgehead atoms. The molecule has 0 saturated carbocycles. The van der Waals surface area contributed by atoms with Crippen molar-refractivity contribution in [2.45, 2.75) is 31.3 Å². The summed E-state index contributed by atoms with van der Waals surface area (Å²) in [4.78, 5) is 22.5. The van der Waals surface area contributed by atoms with Crippen LogP contribution in [0.5, 0.6) is 0 Å². The van der Waals surface area contributed by atoms with Gasteiger partial charge in [-0.3, -0.25) is 19.7 Å². The Bertz CT molecular complexity index is 913. The standard InChI is InChI=1S/C21H21N3O2/c25-21(26)19-5-3-11-24(19)20(13-18-4-1-2-9-23-18)16-6-7-17-14-22-10-8-15(17)12-16/h1-2,4,6-10,12,14,19-20H,3,5,11,13H2,(H,25,26). The highest BCUT2D eigenvalue weighted by atomic mass is 16.4. The lowest BCUT2D eigenvalue weighted by Gasteiger charge is -2.31. The molecule has 0 spiro atoms. The van der Waals surface area contributed by atoms with Gasteiger partial charge in [0.05, 0.1) is 0 Å². The van der Waals surface area contributed by atoms with Crippen LogP contribution in [0.1, 0.15) is 30.1 Å². The van der Waals surface area contributed by atoms with Gasteiger partial charge in [-0.05, 0) is 54.6 Å². The second-order valence-electron chi connectivity index (χ2n) is 6.76. The summed E-state index contributed by atoms with van der Waals surface area (Å²) in [6.07, 6.45) is 7.73. The molecule has 1 aliphatic heterocycles. The Kier molecular flexibility index (Phi) is 4.63. The van der Waals surface area contributed by atoms with E-state index in [-0.39, 0.29) is 6.04 Å².